The maximum atomic E-state index is 13.8. The van der Waals surface area contributed by atoms with Crippen LogP contribution in [0.5, 0.6) is 17.2 Å². The van der Waals surface area contributed by atoms with Gasteiger partial charge in [-0.25, -0.2) is 9.55 Å². The summed E-state index contributed by atoms with van der Waals surface area (Å²) in [5, 5.41) is 4.09. The molecule has 10 heteroatoms. The first-order chi connectivity index (χ1) is 18.0. The minimum Gasteiger partial charge on any atom is -0.495 e. The van der Waals surface area contributed by atoms with Crippen molar-refractivity contribution in [3.8, 4) is 22.9 Å². The zero-order valence-electron chi connectivity index (χ0n) is 20.0. The third-order valence-electron chi connectivity index (χ3n) is 6.06. The summed E-state index contributed by atoms with van der Waals surface area (Å²) >= 11 is 1.18. The number of nitrogens with one attached hydrogen (secondary N) is 2. The third kappa shape index (κ3) is 4.15. The van der Waals surface area contributed by atoms with Crippen LogP contribution in [-0.2, 0) is 4.79 Å². The molecule has 0 saturated heterocycles. The van der Waals surface area contributed by atoms with Crippen LogP contribution in [0.3, 0.4) is 0 Å². The Kier molecular flexibility index (Phi) is 5.72. The Hall–Kier alpha value is -4.44. The minimum absolute atomic E-state index is 0.0306. The number of nitrogens with zero attached hydrogens (tertiary/aromatic N) is 2. The van der Waals surface area contributed by atoms with Crippen molar-refractivity contribution in [3.05, 3.63) is 76.6 Å². The number of benzene rings is 3. The van der Waals surface area contributed by atoms with Crippen molar-refractivity contribution in [2.75, 3.05) is 25.0 Å². The number of para-hydroxylation sites is 1. The Bertz CT molecular complexity index is 1740. The number of hydrogen-bond acceptors (Lipinski definition) is 7. The van der Waals surface area contributed by atoms with Crippen molar-refractivity contribution in [2.24, 2.45) is 0 Å². The molecule has 186 valence electrons. The maximum absolute atomic E-state index is 13.8. The molecule has 6 rings (SSSR count). The summed E-state index contributed by atoms with van der Waals surface area (Å²) in [6.45, 7) is 2.10. The van der Waals surface area contributed by atoms with Gasteiger partial charge in [0.1, 0.15) is 16.8 Å². The summed E-state index contributed by atoms with van der Waals surface area (Å²) < 4.78 is 17.8. The molecular formula is C27H22N4O5S. The first-order valence-corrected chi connectivity index (χ1v) is 12.5. The predicted molar refractivity (Wildman–Crippen MR) is 142 cm³/mol. The third-order valence-corrected chi connectivity index (χ3v) is 7.00. The average Bonchev–Trinajstić information content (AvgIpc) is 3.52. The van der Waals surface area contributed by atoms with Crippen molar-refractivity contribution < 1.29 is 19.0 Å². The number of methoxy groups -OCH3 is 1. The van der Waals surface area contributed by atoms with E-state index in [1.165, 1.54) is 16.3 Å². The standard InChI is InChI=1S/C27H22N4O5S/c1-15-7-9-20(34-2)19(11-15)31-26(33)25-24(17-5-3-4-6-18(17)29-25)30-27(31)37-13-23(32)28-16-8-10-21-22(12-16)36-14-35-21/h3-12,29H,13-14H2,1-2H3,(H,28,32). The Labute approximate surface area is 215 Å². The highest BCUT2D eigenvalue weighted by atomic mass is 32.2. The lowest BCUT2D eigenvalue weighted by Crippen LogP contribution is -2.23. The summed E-state index contributed by atoms with van der Waals surface area (Å²) in [5.74, 6) is 1.52. The zero-order valence-corrected chi connectivity index (χ0v) is 20.8. The Morgan fingerprint density at radius 3 is 2.84 bits per heavy atom. The van der Waals surface area contributed by atoms with E-state index < -0.39 is 0 Å². The van der Waals surface area contributed by atoms with E-state index in [1.54, 1.807) is 25.3 Å². The van der Waals surface area contributed by atoms with Crippen LogP contribution in [0.25, 0.3) is 27.6 Å². The SMILES string of the molecule is COc1ccc(C)cc1-n1c(SCC(=O)Nc2ccc3c(c2)OCO3)nc2c([nH]c3ccccc32)c1=O. The number of carbonyl (C=O) groups is 1. The molecule has 1 amide bonds. The lowest BCUT2D eigenvalue weighted by atomic mass is 10.2. The van der Waals surface area contributed by atoms with Crippen LogP contribution in [0, 0.1) is 6.92 Å². The number of amides is 1. The van der Waals surface area contributed by atoms with Gasteiger partial charge >= 0.3 is 0 Å². The van der Waals surface area contributed by atoms with Crippen molar-refractivity contribution in [3.63, 3.8) is 0 Å². The number of anilines is 1. The highest BCUT2D eigenvalue weighted by Gasteiger charge is 2.21. The molecule has 9 nitrogen and oxygen atoms in total. The second-order valence-corrected chi connectivity index (χ2v) is 9.45. The van der Waals surface area contributed by atoms with E-state index in [-0.39, 0.29) is 24.0 Å². The van der Waals surface area contributed by atoms with E-state index in [9.17, 15) is 9.59 Å². The molecule has 0 unspecified atom stereocenters. The summed E-state index contributed by atoms with van der Waals surface area (Å²) in [6, 6.07) is 18.4. The van der Waals surface area contributed by atoms with E-state index in [1.807, 2.05) is 49.4 Å². The van der Waals surface area contributed by atoms with Gasteiger partial charge in [0.2, 0.25) is 12.7 Å². The number of aryl methyl sites for hydroxylation is 1. The largest absolute Gasteiger partial charge is 0.495 e. The fourth-order valence-corrected chi connectivity index (χ4v) is 5.13. The summed E-state index contributed by atoms with van der Waals surface area (Å²) in [7, 11) is 1.56. The number of fused-ring (bicyclic) bond motifs is 4. The monoisotopic (exact) mass is 514 g/mol. The van der Waals surface area contributed by atoms with E-state index in [4.69, 9.17) is 19.2 Å². The van der Waals surface area contributed by atoms with Crippen molar-refractivity contribution in [1.82, 2.24) is 14.5 Å². The fourth-order valence-electron chi connectivity index (χ4n) is 4.33. The van der Waals surface area contributed by atoms with Gasteiger partial charge in [0, 0.05) is 22.7 Å². The molecule has 5 aromatic rings. The van der Waals surface area contributed by atoms with Gasteiger partial charge in [-0.1, -0.05) is 36.0 Å². The highest BCUT2D eigenvalue weighted by Crippen LogP contribution is 2.34. The zero-order chi connectivity index (χ0) is 25.5. The molecule has 0 radical (unpaired) electrons. The van der Waals surface area contributed by atoms with Crippen LogP contribution < -0.4 is 25.1 Å². The molecule has 0 bridgehead atoms. The van der Waals surface area contributed by atoms with Crippen LogP contribution in [0.4, 0.5) is 5.69 Å². The second kappa shape index (κ2) is 9.21. The first-order valence-electron chi connectivity index (χ1n) is 11.5. The van der Waals surface area contributed by atoms with E-state index in [0.29, 0.717) is 44.8 Å². The van der Waals surface area contributed by atoms with Crippen LogP contribution in [0.1, 0.15) is 5.56 Å². The molecule has 3 heterocycles. The molecule has 0 atom stereocenters. The lowest BCUT2D eigenvalue weighted by molar-refractivity contribution is -0.113. The van der Waals surface area contributed by atoms with Gasteiger partial charge in [-0.3, -0.25) is 9.59 Å². The van der Waals surface area contributed by atoms with Gasteiger partial charge in [-0.15, -0.1) is 0 Å². The van der Waals surface area contributed by atoms with Gasteiger partial charge in [-0.05, 0) is 42.8 Å². The number of hydrogen-bond donors (Lipinski definition) is 2. The molecule has 0 aliphatic carbocycles. The topological polar surface area (TPSA) is 107 Å². The summed E-state index contributed by atoms with van der Waals surface area (Å²) in [5.41, 5.74) is 3.58. The number of carbonyl (C=O) groups excluding carboxylic acids is 1. The number of aromatic nitrogens is 3. The quantitative estimate of drug-likeness (QED) is 0.251. The number of ether oxygens (including phenoxy) is 3. The second-order valence-electron chi connectivity index (χ2n) is 8.51. The highest BCUT2D eigenvalue weighted by molar-refractivity contribution is 7.99. The molecular weight excluding hydrogens is 492 g/mol. The molecule has 0 fully saturated rings. The summed E-state index contributed by atoms with van der Waals surface area (Å²) in [4.78, 5) is 34.8. The molecule has 2 aromatic heterocycles. The van der Waals surface area contributed by atoms with E-state index in [2.05, 4.69) is 10.3 Å². The van der Waals surface area contributed by atoms with Gasteiger partial charge in [0.15, 0.2) is 16.7 Å². The number of rotatable bonds is 6. The predicted octanol–water partition coefficient (Wildman–Crippen LogP) is 4.64. The van der Waals surface area contributed by atoms with Crippen LogP contribution in [0.15, 0.2) is 70.6 Å². The number of H-pyrrole nitrogens is 1. The minimum atomic E-state index is -0.274. The Morgan fingerprint density at radius 1 is 1.14 bits per heavy atom. The smallest absolute Gasteiger partial charge is 0.283 e. The van der Waals surface area contributed by atoms with Crippen LogP contribution in [0.2, 0.25) is 0 Å². The molecule has 37 heavy (non-hydrogen) atoms. The maximum Gasteiger partial charge on any atom is 0.283 e. The lowest BCUT2D eigenvalue weighted by Gasteiger charge is -2.15. The van der Waals surface area contributed by atoms with E-state index >= 15 is 0 Å². The summed E-state index contributed by atoms with van der Waals surface area (Å²) in [6.07, 6.45) is 0. The number of aromatic amines is 1. The molecule has 2 N–H and O–H groups in total. The first kappa shape index (κ1) is 23.0. The van der Waals surface area contributed by atoms with Gasteiger partial charge in [0.05, 0.1) is 18.6 Å². The van der Waals surface area contributed by atoms with Gasteiger partial charge in [-0.2, -0.15) is 0 Å². The van der Waals surface area contributed by atoms with Crippen LogP contribution >= 0.6 is 11.8 Å². The molecule has 0 spiro atoms. The molecule has 1 aliphatic heterocycles. The van der Waals surface area contributed by atoms with E-state index in [0.717, 1.165) is 16.5 Å². The average molecular weight is 515 g/mol. The van der Waals surface area contributed by atoms with Crippen molar-refractivity contribution in [1.29, 1.82) is 0 Å². The van der Waals surface area contributed by atoms with Crippen molar-refractivity contribution >= 4 is 45.3 Å². The Morgan fingerprint density at radius 2 is 1.97 bits per heavy atom. The normalized spacial score (nSPS) is 12.3. The number of thioether (sulfide) groups is 1. The van der Waals surface area contributed by atoms with Crippen LogP contribution in [-0.4, -0.2) is 40.1 Å². The molecule has 0 saturated carbocycles. The molecule has 3 aromatic carbocycles. The fraction of sp³-hybridized carbons (Fsp3) is 0.148. The molecule has 1 aliphatic rings. The van der Waals surface area contributed by atoms with Gasteiger partial charge < -0.3 is 24.5 Å². The van der Waals surface area contributed by atoms with Gasteiger partial charge in [0.25, 0.3) is 5.56 Å². The Balaban J connectivity index is 1.40. The van der Waals surface area contributed by atoms with Crippen molar-refractivity contribution in [2.45, 2.75) is 12.1 Å².